The molecule has 7 nitrogen and oxygen atoms in total. The Morgan fingerprint density at radius 3 is 2.41 bits per heavy atom. The summed E-state index contributed by atoms with van der Waals surface area (Å²) in [6.07, 6.45) is -4.85. The van der Waals surface area contributed by atoms with Crippen LogP contribution in [-0.4, -0.2) is 13.3 Å². The first-order valence-corrected chi connectivity index (χ1v) is 9.17. The van der Waals surface area contributed by atoms with Gasteiger partial charge in [0.1, 0.15) is 5.69 Å². The Labute approximate surface area is 157 Å². The van der Waals surface area contributed by atoms with Crippen molar-refractivity contribution in [1.29, 1.82) is 0 Å². The van der Waals surface area contributed by atoms with Gasteiger partial charge in [0.15, 0.2) is 0 Å². The summed E-state index contributed by atoms with van der Waals surface area (Å²) < 4.78 is 61.6. The molecule has 0 aliphatic heterocycles. The second-order valence-corrected chi connectivity index (χ2v) is 7.56. The van der Waals surface area contributed by atoms with Crippen LogP contribution in [0.2, 0.25) is 5.02 Å². The van der Waals surface area contributed by atoms with Crippen LogP contribution in [0, 0.1) is 10.1 Å². The maximum atomic E-state index is 12.9. The molecule has 0 amide bonds. The molecule has 1 atom stereocenters. The zero-order valence-electron chi connectivity index (χ0n) is 13.6. The minimum Gasteiger partial charge on any atom is -0.373 e. The van der Waals surface area contributed by atoms with Crippen LogP contribution < -0.4 is 10.5 Å². The van der Waals surface area contributed by atoms with Crippen molar-refractivity contribution in [1.82, 2.24) is 0 Å². The summed E-state index contributed by atoms with van der Waals surface area (Å²) in [5, 5.41) is 18.2. The summed E-state index contributed by atoms with van der Waals surface area (Å²) in [6.45, 7) is 1.54. The number of nitrogens with zero attached hydrogens (tertiary/aromatic N) is 1. The van der Waals surface area contributed by atoms with Crippen LogP contribution in [0.15, 0.2) is 41.3 Å². The van der Waals surface area contributed by atoms with Crippen molar-refractivity contribution < 1.29 is 26.5 Å². The van der Waals surface area contributed by atoms with Gasteiger partial charge in [0, 0.05) is 12.1 Å². The summed E-state index contributed by atoms with van der Waals surface area (Å²) >= 11 is 5.63. The van der Waals surface area contributed by atoms with Crippen LogP contribution in [0.3, 0.4) is 0 Å². The molecule has 3 N–H and O–H groups in total. The van der Waals surface area contributed by atoms with E-state index in [4.69, 9.17) is 16.7 Å². The maximum Gasteiger partial charge on any atom is 0.418 e. The van der Waals surface area contributed by atoms with Gasteiger partial charge in [-0.05, 0) is 30.7 Å². The summed E-state index contributed by atoms with van der Waals surface area (Å²) in [7, 11) is -3.96. The molecule has 0 saturated carbocycles. The van der Waals surface area contributed by atoms with Crippen molar-refractivity contribution in [2.75, 3.05) is 5.32 Å². The molecule has 12 heteroatoms. The fourth-order valence-electron chi connectivity index (χ4n) is 2.32. The van der Waals surface area contributed by atoms with E-state index in [1.807, 2.05) is 0 Å². The van der Waals surface area contributed by atoms with Gasteiger partial charge in [-0.25, -0.2) is 13.6 Å². The molecule has 0 saturated heterocycles. The average molecular weight is 424 g/mol. The maximum absolute atomic E-state index is 12.9. The number of benzene rings is 2. The minimum atomic E-state index is -4.85. The second-order valence-electron chi connectivity index (χ2n) is 5.59. The third-order valence-electron chi connectivity index (χ3n) is 3.65. The molecule has 0 unspecified atom stereocenters. The van der Waals surface area contributed by atoms with Crippen LogP contribution in [0.4, 0.5) is 24.5 Å². The highest BCUT2D eigenvalue weighted by Crippen LogP contribution is 2.41. The highest BCUT2D eigenvalue weighted by molar-refractivity contribution is 7.89. The first-order chi connectivity index (χ1) is 12.3. The van der Waals surface area contributed by atoms with E-state index in [2.05, 4.69) is 5.32 Å². The Hall–Kier alpha value is -2.37. The molecule has 0 heterocycles. The number of hydrogen-bond donors (Lipinski definition) is 2. The monoisotopic (exact) mass is 423 g/mol. The van der Waals surface area contributed by atoms with Gasteiger partial charge >= 0.3 is 6.18 Å². The number of halogens is 4. The topological polar surface area (TPSA) is 115 Å². The molecule has 0 radical (unpaired) electrons. The van der Waals surface area contributed by atoms with E-state index >= 15 is 0 Å². The molecule has 146 valence electrons. The number of nitrogens with two attached hydrogens (primary N) is 1. The Balaban J connectivity index is 2.45. The normalized spacial score (nSPS) is 13.3. The standard InChI is InChI=1S/C15H13ClF3N3O4S/c1-8(9-3-2-4-10(5-9)27(20,25)26)21-13-7-12(16)11(15(17,18)19)6-14(13)22(23)24/h2-8,21H,1H3,(H2,20,25,26)/t8-/m0/s1. The van der Waals surface area contributed by atoms with Crippen LogP contribution >= 0.6 is 11.6 Å². The lowest BCUT2D eigenvalue weighted by atomic mass is 10.1. The van der Waals surface area contributed by atoms with Gasteiger partial charge in [0.2, 0.25) is 10.0 Å². The fourth-order valence-corrected chi connectivity index (χ4v) is 3.16. The number of nitrogens with one attached hydrogen (secondary N) is 1. The van der Waals surface area contributed by atoms with Crippen molar-refractivity contribution >= 4 is 33.0 Å². The van der Waals surface area contributed by atoms with E-state index < -0.39 is 43.4 Å². The highest BCUT2D eigenvalue weighted by atomic mass is 35.5. The lowest BCUT2D eigenvalue weighted by Crippen LogP contribution is -2.14. The third kappa shape index (κ3) is 4.87. The van der Waals surface area contributed by atoms with Crippen LogP contribution in [0.5, 0.6) is 0 Å². The zero-order chi connectivity index (χ0) is 20.6. The lowest BCUT2D eigenvalue weighted by molar-refractivity contribution is -0.384. The number of sulfonamides is 1. The van der Waals surface area contributed by atoms with E-state index in [1.165, 1.54) is 31.2 Å². The summed E-state index contributed by atoms with van der Waals surface area (Å²) in [4.78, 5) is 10.0. The number of anilines is 1. The molecule has 0 bridgehead atoms. The largest absolute Gasteiger partial charge is 0.418 e. The smallest absolute Gasteiger partial charge is 0.373 e. The number of nitro groups is 1. The van der Waals surface area contributed by atoms with Crippen molar-refractivity contribution in [2.45, 2.75) is 24.0 Å². The van der Waals surface area contributed by atoms with E-state index in [1.54, 1.807) is 0 Å². The van der Waals surface area contributed by atoms with E-state index in [9.17, 15) is 31.7 Å². The minimum absolute atomic E-state index is 0.173. The van der Waals surface area contributed by atoms with Crippen LogP contribution in [0.1, 0.15) is 24.1 Å². The highest BCUT2D eigenvalue weighted by Gasteiger charge is 2.36. The van der Waals surface area contributed by atoms with E-state index in [0.29, 0.717) is 11.6 Å². The van der Waals surface area contributed by atoms with Gasteiger partial charge in [-0.3, -0.25) is 10.1 Å². The molecular formula is C15H13ClF3N3O4S. The van der Waals surface area contributed by atoms with Crippen molar-refractivity contribution in [3.05, 3.63) is 62.7 Å². The Kier molecular flexibility index (Phi) is 5.68. The van der Waals surface area contributed by atoms with E-state index in [0.717, 1.165) is 6.07 Å². The van der Waals surface area contributed by atoms with Crippen molar-refractivity contribution in [2.24, 2.45) is 5.14 Å². The van der Waals surface area contributed by atoms with Crippen molar-refractivity contribution in [3.8, 4) is 0 Å². The molecule has 2 rings (SSSR count). The van der Waals surface area contributed by atoms with Gasteiger partial charge in [-0.15, -0.1) is 0 Å². The molecule has 2 aromatic carbocycles. The number of hydrogen-bond acceptors (Lipinski definition) is 5. The molecule has 0 aliphatic rings. The summed E-state index contributed by atoms with van der Waals surface area (Å²) in [5.74, 6) is 0. The van der Waals surface area contributed by atoms with Gasteiger partial charge in [-0.1, -0.05) is 23.7 Å². The first kappa shape index (κ1) is 20.9. The number of nitro benzene ring substituents is 1. The SMILES string of the molecule is C[C@H](Nc1cc(Cl)c(C(F)(F)F)cc1[N+](=O)[O-])c1cccc(S(N)(=O)=O)c1. The molecule has 0 spiro atoms. The summed E-state index contributed by atoms with van der Waals surface area (Å²) in [6, 6.07) is 5.93. The number of rotatable bonds is 5. The predicted molar refractivity (Wildman–Crippen MR) is 93.0 cm³/mol. The van der Waals surface area contributed by atoms with Gasteiger partial charge in [0.25, 0.3) is 5.69 Å². The third-order valence-corrected chi connectivity index (χ3v) is 4.87. The molecule has 0 fully saturated rings. The molecule has 2 aromatic rings. The van der Waals surface area contributed by atoms with Gasteiger partial charge in [0.05, 0.1) is 20.4 Å². The zero-order valence-corrected chi connectivity index (χ0v) is 15.2. The average Bonchev–Trinajstić information content (AvgIpc) is 2.52. The lowest BCUT2D eigenvalue weighted by Gasteiger charge is -2.18. The second kappa shape index (κ2) is 7.33. The first-order valence-electron chi connectivity index (χ1n) is 7.25. The molecule has 27 heavy (non-hydrogen) atoms. The Bertz CT molecular complexity index is 996. The molecular weight excluding hydrogens is 411 g/mol. The number of primary sulfonamides is 1. The Morgan fingerprint density at radius 1 is 1.26 bits per heavy atom. The van der Waals surface area contributed by atoms with Gasteiger partial charge in [-0.2, -0.15) is 13.2 Å². The Morgan fingerprint density at radius 2 is 1.89 bits per heavy atom. The summed E-state index contributed by atoms with van der Waals surface area (Å²) in [5.41, 5.74) is -2.00. The van der Waals surface area contributed by atoms with Crippen LogP contribution in [0.25, 0.3) is 0 Å². The van der Waals surface area contributed by atoms with Crippen molar-refractivity contribution in [3.63, 3.8) is 0 Å². The molecule has 0 aromatic heterocycles. The number of alkyl halides is 3. The fraction of sp³-hybridized carbons (Fsp3) is 0.200. The van der Waals surface area contributed by atoms with Crippen LogP contribution in [-0.2, 0) is 16.2 Å². The predicted octanol–water partition coefficient (Wildman–Crippen LogP) is 4.09. The van der Waals surface area contributed by atoms with E-state index in [-0.39, 0.29) is 10.6 Å². The van der Waals surface area contributed by atoms with Gasteiger partial charge < -0.3 is 5.32 Å². The quantitative estimate of drug-likeness (QED) is 0.555. The molecule has 0 aliphatic carbocycles.